The van der Waals surface area contributed by atoms with E-state index in [1.165, 1.54) is 0 Å². The Morgan fingerprint density at radius 2 is 1.84 bits per heavy atom. The monoisotopic (exact) mass is 297 g/mol. The lowest BCUT2D eigenvalue weighted by Gasteiger charge is -2.31. The van der Waals surface area contributed by atoms with Crippen LogP contribution in [0.4, 0.5) is 0 Å². The number of aliphatic carboxylic acids is 1. The molecule has 0 bridgehead atoms. The zero-order chi connectivity index (χ0) is 14.9. The second-order valence-corrected chi connectivity index (χ2v) is 6.40. The SMILES string of the molecule is CCCOP(=O)([O-])OCC[N+](C)(C)CCCC(=O)O. The van der Waals surface area contributed by atoms with Gasteiger partial charge in [-0.2, -0.15) is 0 Å². The van der Waals surface area contributed by atoms with E-state index in [4.69, 9.17) is 9.63 Å². The molecule has 0 aromatic heterocycles. The molecule has 19 heavy (non-hydrogen) atoms. The van der Waals surface area contributed by atoms with Crippen LogP contribution in [0.15, 0.2) is 0 Å². The van der Waals surface area contributed by atoms with Crippen molar-refractivity contribution in [2.75, 3.05) is 40.4 Å². The highest BCUT2D eigenvalue weighted by atomic mass is 31.2. The fourth-order valence-electron chi connectivity index (χ4n) is 1.41. The number of hydrogen-bond acceptors (Lipinski definition) is 5. The zero-order valence-corrected chi connectivity index (χ0v) is 12.7. The summed E-state index contributed by atoms with van der Waals surface area (Å²) in [6, 6.07) is 0. The summed E-state index contributed by atoms with van der Waals surface area (Å²) >= 11 is 0. The number of phosphoric acid groups is 1. The Kier molecular flexibility index (Phi) is 8.45. The van der Waals surface area contributed by atoms with Crippen LogP contribution in [0.25, 0.3) is 0 Å². The minimum absolute atomic E-state index is 0.0323. The van der Waals surface area contributed by atoms with Crippen LogP contribution in [0.2, 0.25) is 0 Å². The van der Waals surface area contributed by atoms with Crippen LogP contribution in [0, 0.1) is 0 Å². The Hall–Kier alpha value is -0.460. The van der Waals surface area contributed by atoms with Crippen molar-refractivity contribution in [3.63, 3.8) is 0 Å². The van der Waals surface area contributed by atoms with Gasteiger partial charge in [0.2, 0.25) is 0 Å². The second-order valence-electron chi connectivity index (χ2n) is 4.99. The van der Waals surface area contributed by atoms with E-state index in [0.717, 1.165) is 0 Å². The predicted octanol–water partition coefficient (Wildman–Crippen LogP) is 0.839. The first-order valence-electron chi connectivity index (χ1n) is 6.32. The Balaban J connectivity index is 3.90. The molecule has 1 N–H and O–H groups in total. The Labute approximate surface area is 114 Å². The fraction of sp³-hybridized carbons (Fsp3) is 0.909. The van der Waals surface area contributed by atoms with Crippen molar-refractivity contribution in [3.05, 3.63) is 0 Å². The number of hydrogen-bond donors (Lipinski definition) is 1. The van der Waals surface area contributed by atoms with Crippen LogP contribution in [0.3, 0.4) is 0 Å². The summed E-state index contributed by atoms with van der Waals surface area (Å²) in [7, 11) is -0.397. The van der Waals surface area contributed by atoms with Gasteiger partial charge in [0.1, 0.15) is 13.2 Å². The smallest absolute Gasteiger partial charge is 0.303 e. The number of carbonyl (C=O) groups is 1. The van der Waals surface area contributed by atoms with Gasteiger partial charge in [0.15, 0.2) is 0 Å². The van der Waals surface area contributed by atoms with Gasteiger partial charge < -0.3 is 23.5 Å². The van der Waals surface area contributed by atoms with Crippen molar-refractivity contribution in [2.45, 2.75) is 26.2 Å². The molecule has 0 radical (unpaired) electrons. The molecule has 114 valence electrons. The lowest BCUT2D eigenvalue weighted by molar-refractivity contribution is -0.890. The first-order chi connectivity index (χ1) is 8.68. The molecule has 7 nitrogen and oxygen atoms in total. The van der Waals surface area contributed by atoms with Gasteiger partial charge in [0, 0.05) is 6.42 Å². The Bertz CT molecular complexity index is 320. The van der Waals surface area contributed by atoms with Gasteiger partial charge in [0.25, 0.3) is 7.82 Å². The first-order valence-corrected chi connectivity index (χ1v) is 7.78. The third-order valence-corrected chi connectivity index (χ3v) is 3.55. The first kappa shape index (κ1) is 18.5. The van der Waals surface area contributed by atoms with Crippen LogP contribution >= 0.6 is 7.82 Å². The Morgan fingerprint density at radius 3 is 2.37 bits per heavy atom. The molecule has 0 aliphatic rings. The van der Waals surface area contributed by atoms with Gasteiger partial charge in [-0.1, -0.05) is 6.92 Å². The van der Waals surface area contributed by atoms with E-state index < -0.39 is 13.8 Å². The van der Waals surface area contributed by atoms with Crippen LogP contribution < -0.4 is 4.89 Å². The maximum absolute atomic E-state index is 11.3. The predicted molar refractivity (Wildman–Crippen MR) is 68.5 cm³/mol. The number of likely N-dealkylation sites (N-methyl/N-ethyl adjacent to an activating group) is 1. The van der Waals surface area contributed by atoms with E-state index in [1.807, 2.05) is 21.0 Å². The van der Waals surface area contributed by atoms with Crippen molar-refractivity contribution in [3.8, 4) is 0 Å². The van der Waals surface area contributed by atoms with E-state index >= 15 is 0 Å². The molecule has 1 atom stereocenters. The van der Waals surface area contributed by atoms with Crippen molar-refractivity contribution in [1.82, 2.24) is 0 Å². The van der Waals surface area contributed by atoms with Gasteiger partial charge in [0.05, 0.1) is 33.7 Å². The Morgan fingerprint density at radius 1 is 1.26 bits per heavy atom. The molecule has 0 spiro atoms. The molecule has 0 heterocycles. The average Bonchev–Trinajstić information content (AvgIpc) is 2.25. The minimum Gasteiger partial charge on any atom is -0.756 e. The molecule has 0 fully saturated rings. The molecule has 0 saturated heterocycles. The highest BCUT2D eigenvalue weighted by Crippen LogP contribution is 2.38. The molecule has 0 amide bonds. The molecule has 1 unspecified atom stereocenters. The summed E-state index contributed by atoms with van der Waals surface area (Å²) in [6.45, 7) is 3.08. The van der Waals surface area contributed by atoms with Gasteiger partial charge in [-0.15, -0.1) is 0 Å². The number of rotatable bonds is 11. The average molecular weight is 297 g/mol. The summed E-state index contributed by atoms with van der Waals surface area (Å²) in [4.78, 5) is 21.7. The molecule has 0 rings (SSSR count). The van der Waals surface area contributed by atoms with E-state index in [2.05, 4.69) is 4.52 Å². The topological polar surface area (TPSA) is 95.9 Å². The number of carboxylic acids is 1. The maximum Gasteiger partial charge on any atom is 0.303 e. The van der Waals surface area contributed by atoms with Gasteiger partial charge >= 0.3 is 5.97 Å². The minimum atomic E-state index is -4.19. The summed E-state index contributed by atoms with van der Waals surface area (Å²) in [5.41, 5.74) is 0. The molecular formula is C11H24NO6P. The molecule has 0 aromatic rings. The highest BCUT2D eigenvalue weighted by Gasteiger charge is 2.17. The van der Waals surface area contributed by atoms with Crippen LogP contribution in [0.5, 0.6) is 0 Å². The number of nitrogens with zero attached hydrogens (tertiary/aromatic N) is 1. The van der Waals surface area contributed by atoms with E-state index in [0.29, 0.717) is 30.4 Å². The lowest BCUT2D eigenvalue weighted by Crippen LogP contribution is -2.43. The quantitative estimate of drug-likeness (QED) is 0.448. The molecule has 0 aliphatic heterocycles. The number of carboxylic acid groups (broad SMARTS) is 1. The van der Waals surface area contributed by atoms with Crippen LogP contribution in [0.1, 0.15) is 26.2 Å². The van der Waals surface area contributed by atoms with Crippen LogP contribution in [-0.4, -0.2) is 56.0 Å². The summed E-state index contributed by atoms with van der Waals surface area (Å²) in [6.07, 6.45) is 1.26. The van der Waals surface area contributed by atoms with Gasteiger partial charge in [-0.05, 0) is 6.42 Å². The third-order valence-electron chi connectivity index (χ3n) is 2.55. The molecule has 0 saturated carbocycles. The summed E-state index contributed by atoms with van der Waals surface area (Å²) in [5, 5.41) is 8.55. The molecule has 0 aromatic carbocycles. The summed E-state index contributed by atoms with van der Waals surface area (Å²) in [5.74, 6) is -0.826. The summed E-state index contributed by atoms with van der Waals surface area (Å²) < 4.78 is 21.1. The zero-order valence-electron chi connectivity index (χ0n) is 11.8. The molecule has 0 aliphatic carbocycles. The number of quaternary nitrogens is 1. The molecule has 8 heteroatoms. The third kappa shape index (κ3) is 11.1. The maximum atomic E-state index is 11.3. The van der Waals surface area contributed by atoms with Crippen molar-refractivity contribution in [1.29, 1.82) is 0 Å². The van der Waals surface area contributed by atoms with Crippen molar-refractivity contribution < 1.29 is 32.9 Å². The fourth-order valence-corrected chi connectivity index (χ4v) is 2.20. The van der Waals surface area contributed by atoms with Crippen LogP contribution in [-0.2, 0) is 18.4 Å². The van der Waals surface area contributed by atoms with E-state index in [9.17, 15) is 14.3 Å². The lowest BCUT2D eigenvalue weighted by atomic mass is 10.3. The molecular weight excluding hydrogens is 273 g/mol. The van der Waals surface area contributed by atoms with Gasteiger partial charge in [-0.25, -0.2) is 0 Å². The second kappa shape index (κ2) is 8.66. The van der Waals surface area contributed by atoms with Crippen molar-refractivity contribution in [2.24, 2.45) is 0 Å². The van der Waals surface area contributed by atoms with Crippen molar-refractivity contribution >= 4 is 13.8 Å². The highest BCUT2D eigenvalue weighted by molar-refractivity contribution is 7.45. The normalized spacial score (nSPS) is 15.2. The standard InChI is InChI=1S/C11H24NO6P/c1-4-9-17-19(15,16)18-10-8-12(2,3)7-5-6-11(13)14/h4-10H2,1-3H3,(H-,13,14,15,16). The van der Waals surface area contributed by atoms with Gasteiger partial charge in [-0.3, -0.25) is 9.36 Å². The number of phosphoric ester groups is 1. The largest absolute Gasteiger partial charge is 0.756 e. The van der Waals surface area contributed by atoms with E-state index in [-0.39, 0.29) is 19.6 Å². The van der Waals surface area contributed by atoms with E-state index in [1.54, 1.807) is 0 Å².